The third-order valence-electron chi connectivity index (χ3n) is 4.73. The molecule has 3 heterocycles. The van der Waals surface area contributed by atoms with Crippen LogP contribution in [-0.2, 0) is 19.1 Å². The minimum absolute atomic E-state index is 0.00467. The average Bonchev–Trinajstić information content (AvgIpc) is 3.29. The quantitative estimate of drug-likeness (QED) is 0.769. The summed E-state index contributed by atoms with van der Waals surface area (Å²) in [7, 11) is 0. The maximum atomic E-state index is 12.3. The lowest BCUT2D eigenvalue weighted by Crippen LogP contribution is -2.28. The Morgan fingerprint density at radius 3 is 2.84 bits per heavy atom. The Hall–Kier alpha value is -2.28. The number of carbonyl (C=O) groups excluding carboxylic acids is 2. The summed E-state index contributed by atoms with van der Waals surface area (Å²) < 4.78 is 21.8. The van der Waals surface area contributed by atoms with Crippen LogP contribution in [0.25, 0.3) is 0 Å². The molecule has 0 aromatic heterocycles. The Morgan fingerprint density at radius 1 is 1.20 bits per heavy atom. The molecular formula is C18H21NO6. The first-order chi connectivity index (χ1) is 12.2. The van der Waals surface area contributed by atoms with Crippen molar-refractivity contribution in [3.63, 3.8) is 0 Å². The predicted molar refractivity (Wildman–Crippen MR) is 87.8 cm³/mol. The Kier molecular flexibility index (Phi) is 4.48. The minimum atomic E-state index is -0.442. The highest BCUT2D eigenvalue weighted by Gasteiger charge is 2.37. The monoisotopic (exact) mass is 347 g/mol. The van der Waals surface area contributed by atoms with E-state index in [1.165, 1.54) is 0 Å². The molecule has 3 aliphatic heterocycles. The van der Waals surface area contributed by atoms with Gasteiger partial charge in [0.05, 0.1) is 12.0 Å². The molecule has 0 aliphatic carbocycles. The topological polar surface area (TPSA) is 74.3 Å². The molecule has 7 heteroatoms. The predicted octanol–water partition coefficient (Wildman–Crippen LogP) is 1.53. The zero-order valence-electron chi connectivity index (χ0n) is 13.9. The van der Waals surface area contributed by atoms with Gasteiger partial charge >= 0.3 is 5.97 Å². The SMILES string of the molecule is O=C(OC[C@@H]1CCCO1)[C@@H]1CC(=O)N(c2ccc3c(c2)OCCO3)C1. The first-order valence-electron chi connectivity index (χ1n) is 8.69. The number of nitrogens with zero attached hydrogens (tertiary/aromatic N) is 1. The number of amides is 1. The Bertz CT molecular complexity index is 670. The second kappa shape index (κ2) is 6.92. The molecule has 0 bridgehead atoms. The van der Waals surface area contributed by atoms with Gasteiger partial charge in [0, 0.05) is 31.3 Å². The lowest BCUT2D eigenvalue weighted by atomic mass is 10.1. The summed E-state index contributed by atoms with van der Waals surface area (Å²) in [5.74, 6) is 0.442. The second-order valence-corrected chi connectivity index (χ2v) is 6.50. The van der Waals surface area contributed by atoms with E-state index in [0.717, 1.165) is 19.4 Å². The number of esters is 1. The highest BCUT2D eigenvalue weighted by molar-refractivity contribution is 5.99. The number of anilines is 1. The number of ether oxygens (including phenoxy) is 4. The summed E-state index contributed by atoms with van der Waals surface area (Å²) in [6.45, 7) is 2.33. The van der Waals surface area contributed by atoms with Crippen LogP contribution in [0.1, 0.15) is 19.3 Å². The largest absolute Gasteiger partial charge is 0.486 e. The van der Waals surface area contributed by atoms with Crippen LogP contribution in [0.5, 0.6) is 11.5 Å². The van der Waals surface area contributed by atoms with Gasteiger partial charge in [-0.15, -0.1) is 0 Å². The van der Waals surface area contributed by atoms with Crippen molar-refractivity contribution in [3.8, 4) is 11.5 Å². The van der Waals surface area contributed by atoms with Crippen LogP contribution >= 0.6 is 0 Å². The summed E-state index contributed by atoms with van der Waals surface area (Å²) >= 11 is 0. The number of hydrogen-bond donors (Lipinski definition) is 0. The molecule has 0 saturated carbocycles. The summed E-state index contributed by atoms with van der Waals surface area (Å²) in [6.07, 6.45) is 2.08. The van der Waals surface area contributed by atoms with E-state index in [-0.39, 0.29) is 31.0 Å². The number of rotatable bonds is 4. The summed E-state index contributed by atoms with van der Waals surface area (Å²) in [5, 5.41) is 0. The molecule has 3 aliphatic rings. The molecule has 0 unspecified atom stereocenters. The molecule has 0 N–H and O–H groups in total. The fraction of sp³-hybridized carbons (Fsp3) is 0.556. The van der Waals surface area contributed by atoms with Gasteiger partial charge in [-0.3, -0.25) is 9.59 Å². The lowest BCUT2D eigenvalue weighted by molar-refractivity contribution is -0.151. The van der Waals surface area contributed by atoms with Gasteiger partial charge in [0.25, 0.3) is 0 Å². The first kappa shape index (κ1) is 16.2. The van der Waals surface area contributed by atoms with Gasteiger partial charge in [0.2, 0.25) is 5.91 Å². The van der Waals surface area contributed by atoms with Gasteiger partial charge in [-0.1, -0.05) is 0 Å². The van der Waals surface area contributed by atoms with Crippen LogP contribution in [0.15, 0.2) is 18.2 Å². The third-order valence-corrected chi connectivity index (χ3v) is 4.73. The maximum Gasteiger partial charge on any atom is 0.311 e. The third kappa shape index (κ3) is 3.42. The Labute approximate surface area is 145 Å². The van der Waals surface area contributed by atoms with Crippen LogP contribution in [0.3, 0.4) is 0 Å². The molecule has 2 saturated heterocycles. The van der Waals surface area contributed by atoms with Crippen molar-refractivity contribution in [1.82, 2.24) is 0 Å². The fourth-order valence-electron chi connectivity index (χ4n) is 3.38. The van der Waals surface area contributed by atoms with Crippen molar-refractivity contribution in [1.29, 1.82) is 0 Å². The summed E-state index contributed by atoms with van der Waals surface area (Å²) in [6, 6.07) is 5.39. The van der Waals surface area contributed by atoms with Crippen molar-refractivity contribution in [2.45, 2.75) is 25.4 Å². The van der Waals surface area contributed by atoms with Gasteiger partial charge < -0.3 is 23.8 Å². The lowest BCUT2D eigenvalue weighted by Gasteiger charge is -2.22. The van der Waals surface area contributed by atoms with E-state index in [4.69, 9.17) is 18.9 Å². The molecule has 1 aromatic carbocycles. The van der Waals surface area contributed by atoms with Crippen molar-refractivity contribution < 1.29 is 28.5 Å². The maximum absolute atomic E-state index is 12.3. The first-order valence-corrected chi connectivity index (χ1v) is 8.69. The number of fused-ring (bicyclic) bond motifs is 1. The molecule has 1 amide bonds. The van der Waals surface area contributed by atoms with E-state index < -0.39 is 5.92 Å². The van der Waals surface area contributed by atoms with Crippen LogP contribution in [0.2, 0.25) is 0 Å². The molecule has 134 valence electrons. The Balaban J connectivity index is 1.39. The number of benzene rings is 1. The van der Waals surface area contributed by atoms with Gasteiger partial charge in [-0.25, -0.2) is 0 Å². The van der Waals surface area contributed by atoms with Gasteiger partial charge in [-0.2, -0.15) is 0 Å². The molecule has 1 aromatic rings. The zero-order chi connectivity index (χ0) is 17.2. The van der Waals surface area contributed by atoms with E-state index in [1.54, 1.807) is 17.0 Å². The number of carbonyl (C=O) groups is 2. The minimum Gasteiger partial charge on any atom is -0.486 e. The average molecular weight is 347 g/mol. The van der Waals surface area contributed by atoms with Crippen molar-refractivity contribution >= 4 is 17.6 Å². The molecule has 0 spiro atoms. The second-order valence-electron chi connectivity index (χ2n) is 6.50. The smallest absolute Gasteiger partial charge is 0.311 e. The summed E-state index contributed by atoms with van der Waals surface area (Å²) in [4.78, 5) is 26.2. The van der Waals surface area contributed by atoms with Crippen LogP contribution in [-0.4, -0.2) is 51.0 Å². The molecule has 7 nitrogen and oxygen atoms in total. The fourth-order valence-corrected chi connectivity index (χ4v) is 3.38. The number of hydrogen-bond acceptors (Lipinski definition) is 6. The molecule has 0 radical (unpaired) electrons. The van der Waals surface area contributed by atoms with Gasteiger partial charge in [-0.05, 0) is 25.0 Å². The van der Waals surface area contributed by atoms with Gasteiger partial charge in [0.1, 0.15) is 19.8 Å². The van der Waals surface area contributed by atoms with E-state index in [1.807, 2.05) is 6.07 Å². The van der Waals surface area contributed by atoms with Crippen molar-refractivity contribution in [3.05, 3.63) is 18.2 Å². The van der Waals surface area contributed by atoms with Gasteiger partial charge in [0.15, 0.2) is 11.5 Å². The molecule has 4 rings (SSSR count). The summed E-state index contributed by atoms with van der Waals surface area (Å²) in [5.41, 5.74) is 0.712. The van der Waals surface area contributed by atoms with Crippen molar-refractivity contribution in [2.24, 2.45) is 5.92 Å². The highest BCUT2D eigenvalue weighted by Crippen LogP contribution is 2.36. The highest BCUT2D eigenvalue weighted by atomic mass is 16.6. The van der Waals surface area contributed by atoms with Crippen LogP contribution in [0, 0.1) is 5.92 Å². The molecule has 2 atom stereocenters. The Morgan fingerprint density at radius 2 is 2.04 bits per heavy atom. The molecular weight excluding hydrogens is 326 g/mol. The van der Waals surface area contributed by atoms with Crippen LogP contribution in [0.4, 0.5) is 5.69 Å². The standard InChI is InChI=1S/C18H21NO6/c20-17-8-12(18(21)25-11-14-2-1-5-22-14)10-19(17)13-3-4-15-16(9-13)24-7-6-23-15/h3-4,9,12,14H,1-2,5-8,10-11H2/t12-,14+/m1/s1. The van der Waals surface area contributed by atoms with E-state index >= 15 is 0 Å². The normalized spacial score (nSPS) is 25.3. The zero-order valence-corrected chi connectivity index (χ0v) is 13.9. The van der Waals surface area contributed by atoms with E-state index in [2.05, 4.69) is 0 Å². The van der Waals surface area contributed by atoms with Crippen molar-refractivity contribution in [2.75, 3.05) is 37.9 Å². The molecule has 25 heavy (non-hydrogen) atoms. The van der Waals surface area contributed by atoms with E-state index in [9.17, 15) is 9.59 Å². The van der Waals surface area contributed by atoms with Crippen LogP contribution < -0.4 is 14.4 Å². The van der Waals surface area contributed by atoms with E-state index in [0.29, 0.717) is 36.9 Å². The molecule has 2 fully saturated rings.